The molecule has 1 heterocycles. The maximum atomic E-state index is 13.3. The van der Waals surface area contributed by atoms with Crippen LogP contribution in [0.5, 0.6) is 0 Å². The van der Waals surface area contributed by atoms with Crippen molar-refractivity contribution in [2.24, 2.45) is 0 Å². The Balaban J connectivity index is 1.95. The Labute approximate surface area is 170 Å². The monoisotopic (exact) mass is 395 g/mol. The van der Waals surface area contributed by atoms with Crippen molar-refractivity contribution in [3.8, 4) is 0 Å². The first kappa shape index (κ1) is 20.7. The van der Waals surface area contributed by atoms with Crippen LogP contribution in [0.1, 0.15) is 50.2 Å². The lowest BCUT2D eigenvalue weighted by Gasteiger charge is -2.24. The molecule has 1 fully saturated rings. The van der Waals surface area contributed by atoms with Gasteiger partial charge in [-0.05, 0) is 43.5 Å². The van der Waals surface area contributed by atoms with Gasteiger partial charge in [-0.15, -0.1) is 0 Å². The van der Waals surface area contributed by atoms with Crippen molar-refractivity contribution >= 4 is 17.7 Å². The number of carboxylic acids is 1. The molecule has 0 radical (unpaired) electrons. The van der Waals surface area contributed by atoms with E-state index in [1.54, 1.807) is 37.4 Å². The third-order valence-corrected chi connectivity index (χ3v) is 5.55. The van der Waals surface area contributed by atoms with Crippen LogP contribution in [-0.4, -0.2) is 53.5 Å². The molecule has 3 rings (SSSR count). The summed E-state index contributed by atoms with van der Waals surface area (Å²) >= 11 is 0. The van der Waals surface area contributed by atoms with E-state index in [0.29, 0.717) is 24.1 Å². The van der Waals surface area contributed by atoms with Gasteiger partial charge in [0.05, 0.1) is 18.1 Å². The Morgan fingerprint density at radius 3 is 2.38 bits per heavy atom. The van der Waals surface area contributed by atoms with E-state index in [1.165, 1.54) is 4.90 Å². The Hall–Kier alpha value is -2.99. The highest BCUT2D eigenvalue weighted by molar-refractivity contribution is 6.15. The highest BCUT2D eigenvalue weighted by atomic mass is 16.5. The molecule has 0 saturated carbocycles. The van der Waals surface area contributed by atoms with E-state index in [4.69, 9.17) is 4.74 Å². The summed E-state index contributed by atoms with van der Waals surface area (Å²) in [5, 5.41) is 9.21. The third-order valence-electron chi connectivity index (χ3n) is 5.55. The number of ketones is 1. The Bertz CT molecular complexity index is 952. The summed E-state index contributed by atoms with van der Waals surface area (Å²) in [6, 6.07) is 11.7. The maximum Gasteiger partial charge on any atom is 0.305 e. The number of carboxylic acid groups (broad SMARTS) is 1. The van der Waals surface area contributed by atoms with Gasteiger partial charge in [0.25, 0.3) is 5.91 Å². The fourth-order valence-electron chi connectivity index (χ4n) is 3.75. The lowest BCUT2D eigenvalue weighted by molar-refractivity contribution is -0.138. The Morgan fingerprint density at radius 1 is 1.07 bits per heavy atom. The van der Waals surface area contributed by atoms with E-state index in [0.717, 1.165) is 11.1 Å². The zero-order chi connectivity index (χ0) is 21.1. The van der Waals surface area contributed by atoms with Crippen molar-refractivity contribution in [1.82, 2.24) is 4.90 Å². The average molecular weight is 395 g/mol. The molecule has 6 nitrogen and oxygen atoms in total. The van der Waals surface area contributed by atoms with Gasteiger partial charge >= 0.3 is 5.97 Å². The van der Waals surface area contributed by atoms with Gasteiger partial charge in [-0.1, -0.05) is 30.3 Å². The normalized spacial score (nSPS) is 18.7. The van der Waals surface area contributed by atoms with Crippen molar-refractivity contribution in [3.05, 3.63) is 70.3 Å². The Kier molecular flexibility index (Phi) is 6.13. The average Bonchev–Trinajstić information content (AvgIpc) is 3.11. The summed E-state index contributed by atoms with van der Waals surface area (Å²) in [6.45, 7) is 4.22. The van der Waals surface area contributed by atoms with Gasteiger partial charge in [0.1, 0.15) is 0 Å². The minimum Gasteiger partial charge on any atom is -0.481 e. The largest absolute Gasteiger partial charge is 0.481 e. The number of ether oxygens (including phenoxy) is 1. The summed E-state index contributed by atoms with van der Waals surface area (Å²) in [5.41, 5.74) is 3.21. The van der Waals surface area contributed by atoms with Gasteiger partial charge in [-0.2, -0.15) is 0 Å². The molecule has 1 amide bonds. The van der Waals surface area contributed by atoms with Crippen LogP contribution in [-0.2, 0) is 9.53 Å². The number of carbonyl (C=O) groups is 3. The lowest BCUT2D eigenvalue weighted by Crippen LogP contribution is -2.38. The SMILES string of the molecule is COC1CC(CC(=O)O)N(C(=O)c2ccccc2C(=O)c2ccc(C)c(C)c2)C1. The Morgan fingerprint density at radius 2 is 1.76 bits per heavy atom. The summed E-state index contributed by atoms with van der Waals surface area (Å²) in [5.74, 6) is -1.54. The molecule has 0 spiro atoms. The number of aryl methyl sites for hydroxylation is 2. The fourth-order valence-corrected chi connectivity index (χ4v) is 3.75. The quantitative estimate of drug-likeness (QED) is 0.759. The van der Waals surface area contributed by atoms with Crippen LogP contribution in [0.15, 0.2) is 42.5 Å². The molecule has 2 aromatic carbocycles. The van der Waals surface area contributed by atoms with Crippen LogP contribution in [0, 0.1) is 13.8 Å². The third kappa shape index (κ3) is 4.38. The minimum absolute atomic E-state index is 0.154. The van der Waals surface area contributed by atoms with Gasteiger partial charge in [-0.25, -0.2) is 0 Å². The second-order valence-corrected chi connectivity index (χ2v) is 7.48. The van der Waals surface area contributed by atoms with E-state index in [9.17, 15) is 19.5 Å². The highest BCUT2D eigenvalue weighted by Crippen LogP contribution is 2.27. The van der Waals surface area contributed by atoms with Crippen LogP contribution in [0.3, 0.4) is 0 Å². The minimum atomic E-state index is -0.968. The van der Waals surface area contributed by atoms with E-state index >= 15 is 0 Å². The number of hydrogen-bond acceptors (Lipinski definition) is 4. The first-order chi connectivity index (χ1) is 13.8. The smallest absolute Gasteiger partial charge is 0.305 e. The molecule has 2 aromatic rings. The van der Waals surface area contributed by atoms with Gasteiger partial charge in [0.15, 0.2) is 5.78 Å². The number of nitrogens with zero attached hydrogens (tertiary/aromatic N) is 1. The predicted molar refractivity (Wildman–Crippen MR) is 108 cm³/mol. The van der Waals surface area contributed by atoms with Crippen molar-refractivity contribution in [2.45, 2.75) is 38.8 Å². The molecule has 1 N–H and O–H groups in total. The number of benzene rings is 2. The number of likely N-dealkylation sites (tertiary alicyclic amines) is 1. The van der Waals surface area contributed by atoms with Gasteiger partial charge in [-0.3, -0.25) is 14.4 Å². The molecular formula is C23H25NO5. The molecule has 1 aliphatic heterocycles. The first-order valence-electron chi connectivity index (χ1n) is 9.58. The van der Waals surface area contributed by atoms with Crippen LogP contribution >= 0.6 is 0 Å². The zero-order valence-electron chi connectivity index (χ0n) is 16.8. The van der Waals surface area contributed by atoms with Crippen molar-refractivity contribution in [2.75, 3.05) is 13.7 Å². The molecule has 2 unspecified atom stereocenters. The molecule has 0 bridgehead atoms. The van der Waals surface area contributed by atoms with Crippen LogP contribution < -0.4 is 0 Å². The van der Waals surface area contributed by atoms with E-state index < -0.39 is 12.0 Å². The van der Waals surface area contributed by atoms with Crippen molar-refractivity contribution in [1.29, 1.82) is 0 Å². The molecule has 2 atom stereocenters. The fraction of sp³-hybridized carbons (Fsp3) is 0.348. The summed E-state index contributed by atoms with van der Waals surface area (Å²) < 4.78 is 5.36. The van der Waals surface area contributed by atoms with Gasteiger partial charge in [0, 0.05) is 30.8 Å². The molecular weight excluding hydrogens is 370 g/mol. The molecule has 1 saturated heterocycles. The van der Waals surface area contributed by atoms with Crippen molar-refractivity contribution in [3.63, 3.8) is 0 Å². The zero-order valence-corrected chi connectivity index (χ0v) is 16.8. The number of aliphatic carboxylic acids is 1. The number of amides is 1. The summed E-state index contributed by atoms with van der Waals surface area (Å²) in [6.07, 6.45) is 0.0895. The standard InChI is InChI=1S/C23H25NO5/c1-14-8-9-16(10-15(14)2)22(27)19-6-4-5-7-20(19)23(28)24-13-18(29-3)11-17(24)12-21(25)26/h4-10,17-18H,11-13H2,1-3H3,(H,25,26). The summed E-state index contributed by atoms with van der Waals surface area (Å²) in [4.78, 5) is 39.2. The maximum absolute atomic E-state index is 13.3. The van der Waals surface area contributed by atoms with E-state index in [2.05, 4.69) is 0 Å². The number of methoxy groups -OCH3 is 1. The van der Waals surface area contributed by atoms with Gasteiger partial charge < -0.3 is 14.7 Å². The van der Waals surface area contributed by atoms with Crippen LogP contribution in [0.2, 0.25) is 0 Å². The highest BCUT2D eigenvalue weighted by Gasteiger charge is 2.37. The second kappa shape index (κ2) is 8.57. The molecule has 29 heavy (non-hydrogen) atoms. The topological polar surface area (TPSA) is 83.9 Å². The van der Waals surface area contributed by atoms with E-state index in [1.807, 2.05) is 26.0 Å². The van der Waals surface area contributed by atoms with Gasteiger partial charge in [0.2, 0.25) is 0 Å². The number of carbonyl (C=O) groups excluding carboxylic acids is 2. The number of hydrogen-bond donors (Lipinski definition) is 1. The van der Waals surface area contributed by atoms with Crippen molar-refractivity contribution < 1.29 is 24.2 Å². The molecule has 1 aliphatic rings. The van der Waals surface area contributed by atoms with Crippen LogP contribution in [0.25, 0.3) is 0 Å². The van der Waals surface area contributed by atoms with Crippen LogP contribution in [0.4, 0.5) is 0 Å². The lowest BCUT2D eigenvalue weighted by atomic mass is 9.95. The summed E-state index contributed by atoms with van der Waals surface area (Å²) in [7, 11) is 1.55. The molecule has 152 valence electrons. The molecule has 6 heteroatoms. The first-order valence-corrected chi connectivity index (χ1v) is 9.58. The number of rotatable bonds is 6. The second-order valence-electron chi connectivity index (χ2n) is 7.48. The molecule has 0 aromatic heterocycles. The molecule has 0 aliphatic carbocycles. The predicted octanol–water partition coefficient (Wildman–Crippen LogP) is 3.24. The van der Waals surface area contributed by atoms with E-state index in [-0.39, 0.29) is 29.8 Å².